The predicted molar refractivity (Wildman–Crippen MR) is 73.4 cm³/mol. The van der Waals surface area contributed by atoms with Gasteiger partial charge in [0.2, 0.25) is 0 Å². The highest BCUT2D eigenvalue weighted by atomic mass is 127. The molecule has 1 rings (SSSR count). The summed E-state index contributed by atoms with van der Waals surface area (Å²) < 4.78 is 5.22. The fourth-order valence-electron chi connectivity index (χ4n) is 1.06. The SMILES string of the molecule is Cc1ccc(OI)c(N=CC(C)(C)C)c1. The van der Waals surface area contributed by atoms with Crippen LogP contribution in [0.3, 0.4) is 0 Å². The lowest BCUT2D eigenvalue weighted by Gasteiger charge is -2.10. The number of hydrogen-bond acceptors (Lipinski definition) is 2. The van der Waals surface area contributed by atoms with Crippen LogP contribution in [0.2, 0.25) is 0 Å². The zero-order valence-corrected chi connectivity index (χ0v) is 11.7. The molecule has 0 aromatic heterocycles. The molecule has 1 aromatic carbocycles. The lowest BCUT2D eigenvalue weighted by molar-refractivity contribution is 0.607. The molecular weight excluding hydrogens is 301 g/mol. The summed E-state index contributed by atoms with van der Waals surface area (Å²) in [7, 11) is 0. The first kappa shape index (κ1) is 12.5. The first-order chi connectivity index (χ1) is 6.92. The first-order valence-corrected chi connectivity index (χ1v) is 5.75. The average molecular weight is 317 g/mol. The molecule has 82 valence electrons. The van der Waals surface area contributed by atoms with Crippen molar-refractivity contribution in [2.24, 2.45) is 10.4 Å². The Labute approximate surface area is 105 Å². The molecule has 0 radical (unpaired) electrons. The van der Waals surface area contributed by atoms with Crippen LogP contribution in [0.5, 0.6) is 5.75 Å². The van der Waals surface area contributed by atoms with Crippen LogP contribution in [-0.4, -0.2) is 6.21 Å². The minimum Gasteiger partial charge on any atom is -0.425 e. The summed E-state index contributed by atoms with van der Waals surface area (Å²) in [5.41, 5.74) is 2.17. The minimum atomic E-state index is 0.0896. The lowest BCUT2D eigenvalue weighted by Crippen LogP contribution is -2.05. The summed E-state index contributed by atoms with van der Waals surface area (Å²) in [6.07, 6.45) is 1.95. The van der Waals surface area contributed by atoms with Crippen LogP contribution in [0.1, 0.15) is 26.3 Å². The van der Waals surface area contributed by atoms with Gasteiger partial charge in [-0.1, -0.05) is 26.8 Å². The molecular formula is C12H16INO. The van der Waals surface area contributed by atoms with Crippen molar-refractivity contribution >= 4 is 34.9 Å². The molecule has 0 saturated carbocycles. The van der Waals surface area contributed by atoms with Gasteiger partial charge in [-0.05, 0) is 30.0 Å². The molecule has 0 aliphatic heterocycles. The fraction of sp³-hybridized carbons (Fsp3) is 0.417. The van der Waals surface area contributed by atoms with Crippen molar-refractivity contribution < 1.29 is 3.07 Å². The van der Waals surface area contributed by atoms with E-state index in [0.29, 0.717) is 0 Å². The largest absolute Gasteiger partial charge is 0.425 e. The third kappa shape index (κ3) is 4.20. The van der Waals surface area contributed by atoms with Crippen LogP contribution < -0.4 is 3.07 Å². The number of aliphatic imine (C=N–C) groups is 1. The zero-order chi connectivity index (χ0) is 11.5. The smallest absolute Gasteiger partial charge is 0.192 e. The second-order valence-corrected chi connectivity index (χ2v) is 5.11. The van der Waals surface area contributed by atoms with Gasteiger partial charge in [0.25, 0.3) is 0 Å². The fourth-order valence-corrected chi connectivity index (χ4v) is 1.43. The van der Waals surface area contributed by atoms with Gasteiger partial charge in [-0.15, -0.1) is 0 Å². The number of nitrogens with zero attached hydrogens (tertiary/aromatic N) is 1. The molecule has 1 aromatic rings. The summed E-state index contributed by atoms with van der Waals surface area (Å²) >= 11 is 1.88. The van der Waals surface area contributed by atoms with Gasteiger partial charge in [0.1, 0.15) is 5.69 Å². The maximum absolute atomic E-state index is 5.22. The van der Waals surface area contributed by atoms with Gasteiger partial charge in [-0.25, -0.2) is 0 Å². The van der Waals surface area contributed by atoms with Crippen LogP contribution in [-0.2, 0) is 0 Å². The maximum Gasteiger partial charge on any atom is 0.192 e. The molecule has 0 unspecified atom stereocenters. The number of halogens is 1. The first-order valence-electron chi connectivity index (χ1n) is 4.87. The van der Waals surface area contributed by atoms with E-state index in [-0.39, 0.29) is 5.41 Å². The standard InChI is InChI=1S/C12H16INO/c1-9-5-6-11(15-13)10(7-9)14-8-12(2,3)4/h5-8H,1-4H3. The van der Waals surface area contributed by atoms with E-state index in [0.717, 1.165) is 11.4 Å². The molecule has 0 N–H and O–H groups in total. The van der Waals surface area contributed by atoms with Gasteiger partial charge in [-0.2, -0.15) is 0 Å². The topological polar surface area (TPSA) is 21.6 Å². The van der Waals surface area contributed by atoms with E-state index >= 15 is 0 Å². The second-order valence-electron chi connectivity index (χ2n) is 4.67. The molecule has 2 nitrogen and oxygen atoms in total. The van der Waals surface area contributed by atoms with E-state index < -0.39 is 0 Å². The van der Waals surface area contributed by atoms with Crippen molar-refractivity contribution in [3.8, 4) is 5.75 Å². The summed E-state index contributed by atoms with van der Waals surface area (Å²) in [6.45, 7) is 8.41. The summed E-state index contributed by atoms with van der Waals surface area (Å²) in [4.78, 5) is 4.45. The average Bonchev–Trinajstić information content (AvgIpc) is 2.14. The molecule has 0 fully saturated rings. The summed E-state index contributed by atoms with van der Waals surface area (Å²) in [5.74, 6) is 0.807. The Hall–Kier alpha value is -0.580. The quantitative estimate of drug-likeness (QED) is 0.582. The molecule has 0 saturated heterocycles. The molecule has 0 amide bonds. The number of hydrogen-bond donors (Lipinski definition) is 0. The van der Waals surface area contributed by atoms with Crippen LogP contribution >= 0.6 is 23.0 Å². The number of aryl methyl sites for hydroxylation is 1. The van der Waals surface area contributed by atoms with Crippen molar-refractivity contribution in [1.29, 1.82) is 0 Å². The minimum absolute atomic E-state index is 0.0896. The normalized spacial score (nSPS) is 12.1. The van der Waals surface area contributed by atoms with Gasteiger partial charge >= 0.3 is 0 Å². The molecule has 0 bridgehead atoms. The summed E-state index contributed by atoms with van der Waals surface area (Å²) in [5, 5.41) is 0. The Morgan fingerprint density at radius 3 is 2.53 bits per heavy atom. The van der Waals surface area contributed by atoms with Crippen molar-refractivity contribution in [3.63, 3.8) is 0 Å². The Kier molecular flexibility index (Phi) is 4.13. The van der Waals surface area contributed by atoms with Gasteiger partial charge in [-0.3, -0.25) is 4.99 Å². The lowest BCUT2D eigenvalue weighted by atomic mass is 9.99. The van der Waals surface area contributed by atoms with E-state index in [1.54, 1.807) is 0 Å². The Morgan fingerprint density at radius 2 is 2.00 bits per heavy atom. The van der Waals surface area contributed by atoms with Crippen molar-refractivity contribution in [2.45, 2.75) is 27.7 Å². The van der Waals surface area contributed by atoms with E-state index in [4.69, 9.17) is 3.07 Å². The highest BCUT2D eigenvalue weighted by molar-refractivity contribution is 14.1. The van der Waals surface area contributed by atoms with Gasteiger partial charge < -0.3 is 3.07 Å². The van der Waals surface area contributed by atoms with Gasteiger partial charge in [0, 0.05) is 6.21 Å². The second kappa shape index (κ2) is 4.96. The molecule has 0 heterocycles. The van der Waals surface area contributed by atoms with Crippen molar-refractivity contribution in [2.75, 3.05) is 0 Å². The number of benzene rings is 1. The van der Waals surface area contributed by atoms with E-state index in [1.165, 1.54) is 5.56 Å². The van der Waals surface area contributed by atoms with Crippen LogP contribution in [0.25, 0.3) is 0 Å². The highest BCUT2D eigenvalue weighted by Crippen LogP contribution is 2.30. The zero-order valence-electron chi connectivity index (χ0n) is 9.54. The molecule has 0 aliphatic rings. The third-order valence-corrected chi connectivity index (χ3v) is 2.26. The summed E-state index contributed by atoms with van der Waals surface area (Å²) in [6, 6.07) is 5.98. The number of rotatable bonds is 2. The van der Waals surface area contributed by atoms with Gasteiger partial charge in [0.05, 0.1) is 0 Å². The Bertz CT molecular complexity index is 366. The monoisotopic (exact) mass is 317 g/mol. The molecule has 3 heteroatoms. The van der Waals surface area contributed by atoms with Crippen LogP contribution in [0.15, 0.2) is 23.2 Å². The van der Waals surface area contributed by atoms with Gasteiger partial charge in [0.15, 0.2) is 28.8 Å². The van der Waals surface area contributed by atoms with Crippen LogP contribution in [0.4, 0.5) is 5.69 Å². The van der Waals surface area contributed by atoms with E-state index in [1.807, 2.05) is 54.3 Å². The molecule has 15 heavy (non-hydrogen) atoms. The molecule has 0 spiro atoms. The van der Waals surface area contributed by atoms with E-state index in [9.17, 15) is 0 Å². The van der Waals surface area contributed by atoms with Crippen LogP contribution in [0, 0.1) is 12.3 Å². The van der Waals surface area contributed by atoms with Crippen molar-refractivity contribution in [3.05, 3.63) is 23.8 Å². The molecule has 0 aliphatic carbocycles. The molecule has 0 atom stereocenters. The van der Waals surface area contributed by atoms with E-state index in [2.05, 4.69) is 25.8 Å². The third-order valence-electron chi connectivity index (χ3n) is 1.79. The highest BCUT2D eigenvalue weighted by Gasteiger charge is 2.07. The Balaban J connectivity index is 3.02. The predicted octanol–water partition coefficient (Wildman–Crippen LogP) is 4.47. The van der Waals surface area contributed by atoms with Crippen molar-refractivity contribution in [1.82, 2.24) is 0 Å². The Morgan fingerprint density at radius 1 is 1.33 bits per heavy atom. The maximum atomic E-state index is 5.22.